The largest absolute Gasteiger partial charge is 0.478 e. The fourth-order valence-electron chi connectivity index (χ4n) is 6.47. The second kappa shape index (κ2) is 11.5. The van der Waals surface area contributed by atoms with Crippen molar-refractivity contribution in [3.8, 4) is 22.6 Å². The van der Waals surface area contributed by atoms with Crippen molar-refractivity contribution in [3.63, 3.8) is 0 Å². The molecule has 1 spiro atoms. The summed E-state index contributed by atoms with van der Waals surface area (Å²) in [5, 5.41) is 8.66. The summed E-state index contributed by atoms with van der Waals surface area (Å²) in [5.41, 5.74) is 7.08. The summed E-state index contributed by atoms with van der Waals surface area (Å²) in [6.07, 6.45) is 6.53. The second-order valence-electron chi connectivity index (χ2n) is 11.5. The summed E-state index contributed by atoms with van der Waals surface area (Å²) in [6.45, 7) is 7.80. The van der Waals surface area contributed by atoms with Gasteiger partial charge < -0.3 is 24.1 Å². The van der Waals surface area contributed by atoms with Gasteiger partial charge >= 0.3 is 5.97 Å². The molecular weight excluding hydrogens is 596 g/mol. The van der Waals surface area contributed by atoms with Gasteiger partial charge in [0.05, 0.1) is 18.4 Å². The van der Waals surface area contributed by atoms with Gasteiger partial charge in [-0.3, -0.25) is 4.18 Å². The van der Waals surface area contributed by atoms with Crippen LogP contribution in [-0.4, -0.2) is 45.4 Å². The van der Waals surface area contributed by atoms with Crippen molar-refractivity contribution >= 4 is 16.1 Å². The van der Waals surface area contributed by atoms with E-state index in [0.29, 0.717) is 17.1 Å². The van der Waals surface area contributed by atoms with Crippen molar-refractivity contribution in [2.45, 2.75) is 45.5 Å². The first-order chi connectivity index (χ1) is 21.4. The maximum absolute atomic E-state index is 11.9. The van der Waals surface area contributed by atoms with Crippen LogP contribution in [0.5, 0.6) is 11.5 Å². The molecule has 2 aliphatic heterocycles. The molecule has 2 aliphatic carbocycles. The zero-order chi connectivity index (χ0) is 32.1. The molecule has 0 bridgehead atoms. The van der Waals surface area contributed by atoms with Gasteiger partial charge in [0.1, 0.15) is 5.76 Å². The molecule has 9 nitrogen and oxygen atoms in total. The number of allylic oxidation sites excluding steroid dienone is 2. The maximum atomic E-state index is 11.9. The molecule has 0 aromatic heterocycles. The van der Waals surface area contributed by atoms with Gasteiger partial charge in [0.15, 0.2) is 23.4 Å². The van der Waals surface area contributed by atoms with Crippen molar-refractivity contribution in [1.82, 2.24) is 0 Å². The number of ether oxygens (including phenoxy) is 4. The fourth-order valence-corrected chi connectivity index (χ4v) is 6.85. The van der Waals surface area contributed by atoms with Gasteiger partial charge in [-0.1, -0.05) is 59.7 Å². The highest BCUT2D eigenvalue weighted by Gasteiger charge is 2.55. The number of carbonyl (C=O) groups is 1. The molecule has 234 valence electrons. The molecule has 1 N–H and O–H groups in total. The molecule has 2 heterocycles. The fraction of sp³-hybridized carbons (Fsp3) is 0.286. The van der Waals surface area contributed by atoms with E-state index in [0.717, 1.165) is 56.5 Å². The summed E-state index contributed by atoms with van der Waals surface area (Å²) >= 11 is 0. The number of aromatic carboxylic acids is 1. The first kappa shape index (κ1) is 30.6. The molecule has 0 amide bonds. The van der Waals surface area contributed by atoms with E-state index in [1.807, 2.05) is 81.5 Å². The third-order valence-electron chi connectivity index (χ3n) is 8.40. The minimum absolute atomic E-state index is 0.0118. The SMILES string of the molecule is CC1=C2C=CC=C3OC(C)OC32c2cccc(-c3ccc4c(c3)OCO4)c2C1COS(C)(=O)=O.Cc1ccc(C(=O)O)c(C)c1. The van der Waals surface area contributed by atoms with Crippen molar-refractivity contribution in [1.29, 1.82) is 0 Å². The van der Waals surface area contributed by atoms with Gasteiger partial charge in [-0.05, 0) is 79.8 Å². The van der Waals surface area contributed by atoms with Crippen LogP contribution in [0.25, 0.3) is 11.1 Å². The quantitative estimate of drug-likeness (QED) is 0.315. The Balaban J connectivity index is 0.000000276. The predicted octanol–water partition coefficient (Wildman–Crippen LogP) is 6.52. The van der Waals surface area contributed by atoms with Gasteiger partial charge in [-0.2, -0.15) is 8.42 Å². The molecule has 0 radical (unpaired) electrons. The van der Waals surface area contributed by atoms with E-state index in [-0.39, 0.29) is 19.3 Å². The van der Waals surface area contributed by atoms with Gasteiger partial charge in [-0.15, -0.1) is 0 Å². The lowest BCUT2D eigenvalue weighted by atomic mass is 9.66. The topological polar surface area (TPSA) is 118 Å². The highest BCUT2D eigenvalue weighted by atomic mass is 32.2. The Morgan fingerprint density at radius 1 is 1.04 bits per heavy atom. The molecule has 4 aliphatic rings. The van der Waals surface area contributed by atoms with E-state index >= 15 is 0 Å². The Morgan fingerprint density at radius 3 is 2.56 bits per heavy atom. The molecule has 45 heavy (non-hydrogen) atoms. The van der Waals surface area contributed by atoms with E-state index in [1.54, 1.807) is 19.1 Å². The van der Waals surface area contributed by atoms with Crippen LogP contribution < -0.4 is 9.47 Å². The number of hydrogen-bond acceptors (Lipinski definition) is 8. The summed E-state index contributed by atoms with van der Waals surface area (Å²) in [5.74, 6) is 0.934. The van der Waals surface area contributed by atoms with Crippen LogP contribution in [0.15, 0.2) is 89.7 Å². The lowest BCUT2D eigenvalue weighted by molar-refractivity contribution is -0.0663. The van der Waals surface area contributed by atoms with Crippen LogP contribution in [0.1, 0.15) is 52.4 Å². The van der Waals surface area contributed by atoms with E-state index in [4.69, 9.17) is 28.2 Å². The van der Waals surface area contributed by atoms with Crippen molar-refractivity contribution < 1.29 is 41.4 Å². The second-order valence-corrected chi connectivity index (χ2v) is 13.1. The molecule has 3 aromatic rings. The lowest BCUT2D eigenvalue weighted by Gasteiger charge is -2.42. The van der Waals surface area contributed by atoms with Gasteiger partial charge in [0, 0.05) is 11.5 Å². The number of rotatable bonds is 5. The Kier molecular flexibility index (Phi) is 7.84. The zero-order valence-corrected chi connectivity index (χ0v) is 26.4. The molecule has 1 fully saturated rings. The molecule has 0 saturated carbocycles. The minimum atomic E-state index is -3.64. The molecule has 3 unspecified atom stereocenters. The van der Waals surface area contributed by atoms with Crippen LogP contribution in [0.4, 0.5) is 0 Å². The maximum Gasteiger partial charge on any atom is 0.335 e. The molecule has 7 rings (SSSR count). The van der Waals surface area contributed by atoms with E-state index in [9.17, 15) is 13.2 Å². The Bertz CT molecular complexity index is 1900. The number of carboxylic acids is 1. The van der Waals surface area contributed by atoms with Crippen LogP contribution in [0.2, 0.25) is 0 Å². The van der Waals surface area contributed by atoms with Gasteiger partial charge in [0.2, 0.25) is 6.79 Å². The summed E-state index contributed by atoms with van der Waals surface area (Å²) in [6, 6.07) is 17.2. The smallest absolute Gasteiger partial charge is 0.335 e. The summed E-state index contributed by atoms with van der Waals surface area (Å²) in [4.78, 5) is 10.5. The number of carboxylic acid groups (broad SMARTS) is 1. The average Bonchev–Trinajstić information content (AvgIpc) is 3.59. The van der Waals surface area contributed by atoms with Crippen LogP contribution in [-0.2, 0) is 29.4 Å². The number of hydrogen-bond donors (Lipinski definition) is 1. The molecule has 3 atom stereocenters. The molecule has 1 saturated heterocycles. The average molecular weight is 631 g/mol. The van der Waals surface area contributed by atoms with E-state index in [2.05, 4.69) is 0 Å². The van der Waals surface area contributed by atoms with Gasteiger partial charge in [-0.25, -0.2) is 4.79 Å². The summed E-state index contributed by atoms with van der Waals surface area (Å²) < 4.78 is 52.9. The first-order valence-corrected chi connectivity index (χ1v) is 16.3. The predicted molar refractivity (Wildman–Crippen MR) is 168 cm³/mol. The summed E-state index contributed by atoms with van der Waals surface area (Å²) in [7, 11) is -3.64. The third-order valence-corrected chi connectivity index (χ3v) is 8.96. The standard InChI is InChI=1S/C26H24O7S.C9H10O2/c1-15-19(13-31-34(3,27)28)25-18(17-10-11-22-23(12-17)30-14-29-22)6-4-8-21(25)26-20(15)7-5-9-24(26)32-16(2)33-26;1-6-3-4-8(9(10)11)7(2)5-6/h4-12,16,19H,13-14H2,1-3H3;3-5H,1-2H3,(H,10,11). The Hall–Kier alpha value is -4.38. The van der Waals surface area contributed by atoms with E-state index in [1.165, 1.54) is 0 Å². The van der Waals surface area contributed by atoms with E-state index < -0.39 is 28.0 Å². The zero-order valence-electron chi connectivity index (χ0n) is 25.6. The Labute approximate surface area is 262 Å². The number of aryl methyl sites for hydroxylation is 2. The Morgan fingerprint density at radius 2 is 1.82 bits per heavy atom. The molecule has 10 heteroatoms. The highest BCUT2D eigenvalue weighted by Crippen LogP contribution is 2.58. The molecular formula is C35H34O9S. The normalized spacial score (nSPS) is 22.4. The lowest BCUT2D eigenvalue weighted by Crippen LogP contribution is -2.38. The number of fused-ring (bicyclic) bond motifs is 2. The third kappa shape index (κ3) is 5.54. The highest BCUT2D eigenvalue weighted by molar-refractivity contribution is 7.85. The van der Waals surface area contributed by atoms with Crippen molar-refractivity contribution in [2.24, 2.45) is 0 Å². The van der Waals surface area contributed by atoms with Gasteiger partial charge in [0.25, 0.3) is 10.1 Å². The number of benzene rings is 3. The molecule has 3 aromatic carbocycles. The minimum Gasteiger partial charge on any atom is -0.478 e. The van der Waals surface area contributed by atoms with Crippen LogP contribution >= 0.6 is 0 Å². The first-order valence-electron chi connectivity index (χ1n) is 14.5. The van der Waals surface area contributed by atoms with Crippen molar-refractivity contribution in [3.05, 3.63) is 118 Å². The van der Waals surface area contributed by atoms with Crippen molar-refractivity contribution in [2.75, 3.05) is 19.7 Å². The monoisotopic (exact) mass is 630 g/mol. The van der Waals surface area contributed by atoms with Crippen LogP contribution in [0, 0.1) is 13.8 Å². The van der Waals surface area contributed by atoms with Crippen LogP contribution in [0.3, 0.4) is 0 Å².